The Morgan fingerprint density at radius 1 is 0.535 bits per heavy atom. The van der Waals surface area contributed by atoms with E-state index in [1.165, 1.54) is 0 Å². The molecule has 0 spiro atoms. The fraction of sp³-hybridized carbons (Fsp3) is 0.862. The summed E-state index contributed by atoms with van der Waals surface area (Å²) in [6.45, 7) is 9.95. The Morgan fingerprint density at radius 3 is 1.26 bits per heavy atom. The number of Topliss-reactive ketones (excluding diaryl/α,β-unsaturated/α-hetero) is 1. The van der Waals surface area contributed by atoms with Crippen LogP contribution in [-0.4, -0.2) is 135 Å². The molecule has 0 saturated heterocycles. The van der Waals surface area contributed by atoms with Gasteiger partial charge >= 0.3 is 17.9 Å². The normalized spacial score (nSPS) is 11.8. The lowest BCUT2D eigenvalue weighted by Crippen LogP contribution is -2.20. The molecule has 0 aromatic rings. The average molecular weight is 625 g/mol. The number of carbonyl (C=O) groups is 4. The fourth-order valence-corrected chi connectivity index (χ4v) is 3.29. The van der Waals surface area contributed by atoms with E-state index in [0.717, 1.165) is 25.7 Å². The number of rotatable bonds is 33. The van der Waals surface area contributed by atoms with Gasteiger partial charge in [-0.05, 0) is 12.8 Å². The van der Waals surface area contributed by atoms with Crippen LogP contribution in [0.25, 0.3) is 0 Å². The van der Waals surface area contributed by atoms with Gasteiger partial charge in [-0.2, -0.15) is 0 Å². The van der Waals surface area contributed by atoms with Gasteiger partial charge < -0.3 is 47.7 Å². The molecule has 252 valence electrons. The van der Waals surface area contributed by atoms with Crippen molar-refractivity contribution in [2.45, 2.75) is 52.4 Å². The first kappa shape index (κ1) is 40.8. The summed E-state index contributed by atoms with van der Waals surface area (Å²) in [5.41, 5.74) is 0. The van der Waals surface area contributed by atoms with Crippen LogP contribution in [0.5, 0.6) is 0 Å². The largest absolute Gasteiger partial charge is 0.476 e. The molecular weight excluding hydrogens is 572 g/mol. The van der Waals surface area contributed by atoms with Crippen molar-refractivity contribution < 1.29 is 66.9 Å². The maximum Gasteiger partial charge on any atom is 0.372 e. The van der Waals surface area contributed by atoms with Crippen molar-refractivity contribution in [3.63, 3.8) is 0 Å². The molecule has 14 heteroatoms. The van der Waals surface area contributed by atoms with Crippen molar-refractivity contribution in [3.8, 4) is 0 Å². The highest BCUT2D eigenvalue weighted by atomic mass is 16.6. The molecule has 1 N–H and O–H groups in total. The third kappa shape index (κ3) is 28.3. The first-order chi connectivity index (χ1) is 20.9. The van der Waals surface area contributed by atoms with Gasteiger partial charge in [0, 0.05) is 6.42 Å². The van der Waals surface area contributed by atoms with E-state index in [9.17, 15) is 19.2 Å². The zero-order chi connectivity index (χ0) is 31.8. The highest BCUT2D eigenvalue weighted by Crippen LogP contribution is 2.14. The van der Waals surface area contributed by atoms with Gasteiger partial charge in [-0.15, -0.1) is 0 Å². The van der Waals surface area contributed by atoms with E-state index in [0.29, 0.717) is 85.9 Å². The minimum Gasteiger partial charge on any atom is -0.476 e. The molecule has 0 bridgehead atoms. The van der Waals surface area contributed by atoms with E-state index in [1.54, 1.807) is 0 Å². The van der Waals surface area contributed by atoms with Crippen LogP contribution < -0.4 is 0 Å². The molecule has 0 fully saturated rings. The van der Waals surface area contributed by atoms with E-state index >= 15 is 0 Å². The highest BCUT2D eigenvalue weighted by molar-refractivity contribution is 6.32. The summed E-state index contributed by atoms with van der Waals surface area (Å²) in [6, 6.07) is 0. The molecule has 0 aliphatic heterocycles. The number of unbranched alkanes of at least 4 members (excludes halogenated alkanes) is 1. The van der Waals surface area contributed by atoms with Crippen LogP contribution in [0, 0.1) is 5.92 Å². The summed E-state index contributed by atoms with van der Waals surface area (Å²) in [7, 11) is 0. The van der Waals surface area contributed by atoms with E-state index in [-0.39, 0.29) is 44.5 Å². The van der Waals surface area contributed by atoms with Crippen molar-refractivity contribution in [2.75, 3.05) is 106 Å². The zero-order valence-electron chi connectivity index (χ0n) is 25.9. The number of esters is 2. The van der Waals surface area contributed by atoms with Gasteiger partial charge in [0.25, 0.3) is 0 Å². The Hall–Kier alpha value is -2.20. The molecule has 0 aliphatic carbocycles. The van der Waals surface area contributed by atoms with Crippen LogP contribution in [0.2, 0.25) is 0 Å². The Labute approximate surface area is 254 Å². The molecule has 0 rings (SSSR count). The quantitative estimate of drug-likeness (QED) is 0.0637. The number of hydrogen-bond donors (Lipinski definition) is 1. The first-order valence-electron chi connectivity index (χ1n) is 15.0. The predicted molar refractivity (Wildman–Crippen MR) is 153 cm³/mol. The van der Waals surface area contributed by atoms with E-state index in [2.05, 4.69) is 6.92 Å². The smallest absolute Gasteiger partial charge is 0.372 e. The van der Waals surface area contributed by atoms with Crippen molar-refractivity contribution in [3.05, 3.63) is 0 Å². The van der Waals surface area contributed by atoms with Gasteiger partial charge in [-0.25, -0.2) is 4.79 Å². The van der Waals surface area contributed by atoms with Crippen LogP contribution in [-0.2, 0) is 61.8 Å². The second kappa shape index (κ2) is 31.2. The fourth-order valence-electron chi connectivity index (χ4n) is 3.29. The molecular formula is C29H52O14. The van der Waals surface area contributed by atoms with Gasteiger partial charge in [0.1, 0.15) is 13.2 Å². The van der Waals surface area contributed by atoms with E-state index in [1.807, 2.05) is 6.92 Å². The molecule has 43 heavy (non-hydrogen) atoms. The molecule has 14 nitrogen and oxygen atoms in total. The van der Waals surface area contributed by atoms with Gasteiger partial charge in [-0.3, -0.25) is 14.4 Å². The summed E-state index contributed by atoms with van der Waals surface area (Å²) >= 11 is 0. The minimum atomic E-state index is -1.56. The molecule has 0 aromatic heterocycles. The van der Waals surface area contributed by atoms with Crippen LogP contribution in [0.15, 0.2) is 0 Å². The Bertz CT molecular complexity index is 703. The van der Waals surface area contributed by atoms with Gasteiger partial charge in [0.15, 0.2) is 0 Å². The molecule has 0 radical (unpaired) electrons. The summed E-state index contributed by atoms with van der Waals surface area (Å²) in [4.78, 5) is 44.6. The van der Waals surface area contributed by atoms with Crippen molar-refractivity contribution in [1.29, 1.82) is 0 Å². The average Bonchev–Trinajstić information content (AvgIpc) is 3.00. The molecule has 1 unspecified atom stereocenters. The van der Waals surface area contributed by atoms with E-state index in [4.69, 9.17) is 47.7 Å². The van der Waals surface area contributed by atoms with Crippen molar-refractivity contribution in [1.82, 2.24) is 0 Å². The Balaban J connectivity index is 3.24. The molecule has 0 saturated carbocycles. The molecule has 0 aliphatic rings. The topological polar surface area (TPSA) is 172 Å². The van der Waals surface area contributed by atoms with Crippen LogP contribution >= 0.6 is 0 Å². The lowest BCUT2D eigenvalue weighted by molar-refractivity contribution is -0.151. The summed E-state index contributed by atoms with van der Waals surface area (Å²) in [5, 5.41) is 8.43. The first-order valence-corrected chi connectivity index (χ1v) is 15.0. The standard InChI is InChI=1S/C29H52O14/c1-3-5-6-25(4-2)29(34)43-24-22-41-20-18-39-16-14-37-12-10-35-9-11-36-13-15-38-17-19-40-21-23-42-27(31)8-7-26(30)28(32)33/h25H,3-24H2,1-2H3,(H,32,33). The van der Waals surface area contributed by atoms with E-state index < -0.39 is 17.7 Å². The number of carbonyl (C=O) groups excluding carboxylic acids is 3. The highest BCUT2D eigenvalue weighted by Gasteiger charge is 2.17. The van der Waals surface area contributed by atoms with Gasteiger partial charge in [-0.1, -0.05) is 26.7 Å². The monoisotopic (exact) mass is 624 g/mol. The summed E-state index contributed by atoms with van der Waals surface area (Å²) in [6.07, 6.45) is 3.12. The number of hydrogen-bond acceptors (Lipinski definition) is 13. The predicted octanol–water partition coefficient (Wildman–Crippen LogP) is 1.84. The molecule has 0 heterocycles. The van der Waals surface area contributed by atoms with Gasteiger partial charge in [0.05, 0.1) is 105 Å². The van der Waals surface area contributed by atoms with Crippen LogP contribution in [0.4, 0.5) is 0 Å². The Kier molecular flexibility index (Phi) is 29.6. The second-order valence-corrected chi connectivity index (χ2v) is 9.15. The number of carboxylic acids is 1. The SMILES string of the molecule is CCCCC(CC)C(=O)OCCOCCOCCOCCOCCOCCOCCOCCOC(=O)CCC(=O)C(=O)O. The summed E-state index contributed by atoms with van der Waals surface area (Å²) in [5.74, 6) is -3.39. The minimum absolute atomic E-state index is 0.0124. The molecule has 0 amide bonds. The number of carboxylic acid groups (broad SMARTS) is 1. The second-order valence-electron chi connectivity index (χ2n) is 9.15. The maximum absolute atomic E-state index is 12.0. The molecule has 1 atom stereocenters. The van der Waals surface area contributed by atoms with Gasteiger partial charge in [0.2, 0.25) is 5.78 Å². The van der Waals surface area contributed by atoms with Crippen LogP contribution in [0.1, 0.15) is 52.4 Å². The number of aliphatic carboxylic acids is 1. The zero-order valence-corrected chi connectivity index (χ0v) is 25.9. The molecule has 0 aromatic carbocycles. The summed E-state index contributed by atoms with van der Waals surface area (Å²) < 4.78 is 47.8. The maximum atomic E-state index is 12.0. The van der Waals surface area contributed by atoms with Crippen LogP contribution in [0.3, 0.4) is 0 Å². The third-order valence-electron chi connectivity index (χ3n) is 5.72. The van der Waals surface area contributed by atoms with Crippen molar-refractivity contribution >= 4 is 23.7 Å². The third-order valence-corrected chi connectivity index (χ3v) is 5.72. The number of ether oxygens (including phenoxy) is 9. The lowest BCUT2D eigenvalue weighted by atomic mass is 10.00. The number of ketones is 1. The lowest BCUT2D eigenvalue weighted by Gasteiger charge is -2.13. The Morgan fingerprint density at radius 2 is 0.907 bits per heavy atom. The van der Waals surface area contributed by atoms with Crippen molar-refractivity contribution in [2.24, 2.45) is 5.92 Å².